The molecule has 2 N–H and O–H groups in total. The van der Waals surface area contributed by atoms with Crippen LogP contribution in [0.4, 0.5) is 4.79 Å². The van der Waals surface area contributed by atoms with Gasteiger partial charge in [0.25, 0.3) is 0 Å². The van der Waals surface area contributed by atoms with E-state index in [2.05, 4.69) is 10.6 Å². The van der Waals surface area contributed by atoms with Gasteiger partial charge in [-0.15, -0.1) is 0 Å². The molecule has 0 heterocycles. The third-order valence-corrected chi connectivity index (χ3v) is 6.05. The maximum Gasteiger partial charge on any atom is 0.408 e. The minimum Gasteiger partial charge on any atom is -0.495 e. The predicted octanol–water partition coefficient (Wildman–Crippen LogP) is 4.02. The Morgan fingerprint density at radius 1 is 1.15 bits per heavy atom. The SMILES string of the molecule is CCOC(=O)C(C)(C)C1(NC(=O)C(Cc2ccc(OC)c(Cl)c2)NC(=O)OC(C)(C)C)CC1. The molecule has 1 aromatic carbocycles. The van der Waals surface area contributed by atoms with Gasteiger partial charge < -0.3 is 24.8 Å². The highest BCUT2D eigenvalue weighted by atomic mass is 35.5. The van der Waals surface area contributed by atoms with Gasteiger partial charge in [-0.2, -0.15) is 0 Å². The smallest absolute Gasteiger partial charge is 0.408 e. The van der Waals surface area contributed by atoms with Crippen molar-refractivity contribution in [3.63, 3.8) is 0 Å². The van der Waals surface area contributed by atoms with Gasteiger partial charge in [0.1, 0.15) is 17.4 Å². The summed E-state index contributed by atoms with van der Waals surface area (Å²) in [6, 6.07) is 4.22. The highest BCUT2D eigenvalue weighted by Crippen LogP contribution is 2.50. The molecule has 2 rings (SSSR count). The Bertz CT molecular complexity index is 889. The molecule has 9 heteroatoms. The van der Waals surface area contributed by atoms with E-state index in [1.165, 1.54) is 7.11 Å². The van der Waals surface area contributed by atoms with Crippen molar-refractivity contribution in [1.29, 1.82) is 0 Å². The van der Waals surface area contributed by atoms with Gasteiger partial charge in [0, 0.05) is 6.42 Å². The maximum absolute atomic E-state index is 13.3. The summed E-state index contributed by atoms with van der Waals surface area (Å²) in [5.74, 6) is -0.279. The van der Waals surface area contributed by atoms with Crippen LogP contribution in [0.25, 0.3) is 0 Å². The normalized spacial score (nSPS) is 15.8. The fraction of sp³-hybridized carbons (Fsp3) is 0.625. The molecule has 1 saturated carbocycles. The maximum atomic E-state index is 13.3. The standard InChI is InChI=1S/C24H35ClN2O6/c1-8-32-20(29)23(5,6)24(11-12-24)27-19(28)17(26-21(30)33-22(2,3)4)14-15-9-10-18(31-7)16(25)13-15/h9-10,13,17H,8,11-12,14H2,1-7H3,(H,26,30)(H,27,28). The summed E-state index contributed by atoms with van der Waals surface area (Å²) in [5.41, 5.74) is -1.65. The summed E-state index contributed by atoms with van der Waals surface area (Å²) in [5, 5.41) is 6.06. The molecular formula is C24H35ClN2O6. The molecule has 0 aromatic heterocycles. The first-order chi connectivity index (χ1) is 15.2. The van der Waals surface area contributed by atoms with Gasteiger partial charge in [-0.25, -0.2) is 4.79 Å². The number of nitrogens with one attached hydrogen (secondary N) is 2. The largest absolute Gasteiger partial charge is 0.495 e. The zero-order chi connectivity index (χ0) is 25.0. The number of methoxy groups -OCH3 is 1. The lowest BCUT2D eigenvalue weighted by atomic mass is 9.81. The predicted molar refractivity (Wildman–Crippen MR) is 125 cm³/mol. The zero-order valence-electron chi connectivity index (χ0n) is 20.5. The van der Waals surface area contributed by atoms with E-state index in [-0.39, 0.29) is 19.0 Å². The molecule has 2 amide bonds. The second-order valence-electron chi connectivity index (χ2n) is 9.79. The average molecular weight is 483 g/mol. The second kappa shape index (κ2) is 10.2. The van der Waals surface area contributed by atoms with E-state index in [1.54, 1.807) is 59.7 Å². The van der Waals surface area contributed by atoms with Gasteiger partial charge in [-0.1, -0.05) is 17.7 Å². The van der Waals surface area contributed by atoms with Crippen LogP contribution in [0.1, 0.15) is 59.9 Å². The molecule has 1 atom stereocenters. The fourth-order valence-corrected chi connectivity index (χ4v) is 3.87. The second-order valence-corrected chi connectivity index (χ2v) is 10.2. The number of carbonyl (C=O) groups excluding carboxylic acids is 3. The van der Waals surface area contributed by atoms with Crippen LogP contribution in [0.2, 0.25) is 5.02 Å². The number of hydrogen-bond acceptors (Lipinski definition) is 6. The molecular weight excluding hydrogens is 448 g/mol. The Morgan fingerprint density at radius 2 is 1.79 bits per heavy atom. The number of carbonyl (C=O) groups is 3. The van der Waals surface area contributed by atoms with Crippen molar-refractivity contribution >= 4 is 29.6 Å². The Hall–Kier alpha value is -2.48. The molecule has 1 unspecified atom stereocenters. The fourth-order valence-electron chi connectivity index (χ4n) is 3.59. The molecule has 0 aliphatic heterocycles. The van der Waals surface area contributed by atoms with E-state index in [1.807, 2.05) is 0 Å². The lowest BCUT2D eigenvalue weighted by molar-refractivity contribution is -0.156. The lowest BCUT2D eigenvalue weighted by Gasteiger charge is -2.34. The van der Waals surface area contributed by atoms with E-state index < -0.39 is 34.6 Å². The van der Waals surface area contributed by atoms with Crippen molar-refractivity contribution in [2.45, 2.75) is 78.0 Å². The van der Waals surface area contributed by atoms with Crippen molar-refractivity contribution in [3.8, 4) is 5.75 Å². The summed E-state index contributed by atoms with van der Waals surface area (Å²) < 4.78 is 15.7. The number of esters is 1. The monoisotopic (exact) mass is 482 g/mol. The molecule has 8 nitrogen and oxygen atoms in total. The lowest BCUT2D eigenvalue weighted by Crippen LogP contribution is -2.57. The van der Waals surface area contributed by atoms with Gasteiger partial charge in [-0.3, -0.25) is 9.59 Å². The van der Waals surface area contributed by atoms with Crippen molar-refractivity contribution < 1.29 is 28.6 Å². The molecule has 1 fully saturated rings. The van der Waals surface area contributed by atoms with Crippen LogP contribution in [-0.2, 0) is 25.5 Å². The van der Waals surface area contributed by atoms with Crippen LogP contribution in [0.15, 0.2) is 18.2 Å². The Morgan fingerprint density at radius 3 is 2.27 bits per heavy atom. The Balaban J connectivity index is 2.25. The average Bonchev–Trinajstić information content (AvgIpc) is 3.47. The quantitative estimate of drug-likeness (QED) is 0.515. The van der Waals surface area contributed by atoms with Gasteiger partial charge in [0.2, 0.25) is 5.91 Å². The molecule has 0 bridgehead atoms. The van der Waals surface area contributed by atoms with Crippen LogP contribution >= 0.6 is 11.6 Å². The summed E-state index contributed by atoms with van der Waals surface area (Å²) >= 11 is 6.24. The summed E-state index contributed by atoms with van der Waals surface area (Å²) in [4.78, 5) is 38.4. The van der Waals surface area contributed by atoms with Crippen molar-refractivity contribution in [1.82, 2.24) is 10.6 Å². The van der Waals surface area contributed by atoms with Crippen molar-refractivity contribution in [3.05, 3.63) is 28.8 Å². The topological polar surface area (TPSA) is 103 Å². The van der Waals surface area contributed by atoms with Gasteiger partial charge >= 0.3 is 12.1 Å². The Kier molecular flexibility index (Phi) is 8.27. The number of ether oxygens (including phenoxy) is 3. The van der Waals surface area contributed by atoms with Gasteiger partial charge in [0.05, 0.1) is 29.7 Å². The molecule has 1 aliphatic carbocycles. The summed E-state index contributed by atoms with van der Waals surface area (Å²) in [7, 11) is 1.52. The third kappa shape index (κ3) is 6.76. The van der Waals surface area contributed by atoms with E-state index in [0.717, 1.165) is 5.56 Å². The van der Waals surface area contributed by atoms with Crippen LogP contribution < -0.4 is 15.4 Å². The minimum absolute atomic E-state index is 0.171. The molecule has 0 radical (unpaired) electrons. The first kappa shape index (κ1) is 26.8. The van der Waals surface area contributed by atoms with E-state index in [9.17, 15) is 14.4 Å². The van der Waals surface area contributed by atoms with Gasteiger partial charge in [0.15, 0.2) is 0 Å². The number of halogens is 1. The van der Waals surface area contributed by atoms with Crippen LogP contribution in [-0.4, -0.2) is 48.9 Å². The minimum atomic E-state index is -0.945. The molecule has 1 aromatic rings. The number of hydrogen-bond donors (Lipinski definition) is 2. The van der Waals surface area contributed by atoms with Crippen molar-refractivity contribution in [2.75, 3.05) is 13.7 Å². The van der Waals surface area contributed by atoms with Crippen molar-refractivity contribution in [2.24, 2.45) is 5.41 Å². The van der Waals surface area contributed by atoms with E-state index in [0.29, 0.717) is 23.6 Å². The Labute approximate surface area is 200 Å². The molecule has 0 saturated heterocycles. The number of amides is 2. The van der Waals surface area contributed by atoms with E-state index in [4.69, 9.17) is 25.8 Å². The molecule has 1 aliphatic rings. The van der Waals surface area contributed by atoms with Crippen LogP contribution in [0.5, 0.6) is 5.75 Å². The highest BCUT2D eigenvalue weighted by Gasteiger charge is 2.60. The number of rotatable bonds is 9. The first-order valence-electron chi connectivity index (χ1n) is 11.1. The molecule has 0 spiro atoms. The van der Waals surface area contributed by atoms with E-state index >= 15 is 0 Å². The highest BCUT2D eigenvalue weighted by molar-refractivity contribution is 6.32. The molecule has 184 valence electrons. The van der Waals surface area contributed by atoms with Gasteiger partial charge in [-0.05, 0) is 72.1 Å². The number of benzene rings is 1. The first-order valence-corrected chi connectivity index (χ1v) is 11.4. The number of alkyl carbamates (subject to hydrolysis) is 1. The zero-order valence-corrected chi connectivity index (χ0v) is 21.2. The summed E-state index contributed by atoms with van der Waals surface area (Å²) in [6.07, 6.45) is 0.734. The van der Waals surface area contributed by atoms with Crippen LogP contribution in [0.3, 0.4) is 0 Å². The van der Waals surface area contributed by atoms with Crippen LogP contribution in [0, 0.1) is 5.41 Å². The molecule has 33 heavy (non-hydrogen) atoms. The third-order valence-electron chi connectivity index (χ3n) is 5.76. The summed E-state index contributed by atoms with van der Waals surface area (Å²) in [6.45, 7) is 10.7.